The Kier molecular flexibility index (Phi) is 7.59. The minimum absolute atomic E-state index is 0.0532. The molecule has 1 aliphatic rings. The molecule has 1 aliphatic heterocycles. The lowest BCUT2D eigenvalue weighted by Gasteiger charge is -2.40. The van der Waals surface area contributed by atoms with Gasteiger partial charge in [-0.05, 0) is 18.2 Å². The Morgan fingerprint density at radius 3 is 2.52 bits per heavy atom. The zero-order valence-corrected chi connectivity index (χ0v) is 15.4. The zero-order chi connectivity index (χ0) is 21.6. The van der Waals surface area contributed by atoms with Crippen molar-refractivity contribution in [2.45, 2.75) is 43.9 Å². The molecule has 160 valence electrons. The van der Waals surface area contributed by atoms with E-state index in [1.807, 2.05) is 0 Å². The van der Waals surface area contributed by atoms with Crippen LogP contribution in [0.4, 0.5) is 4.79 Å². The topological polar surface area (TPSA) is 191 Å². The number of amides is 3. The Hall–Kier alpha value is -3.09. The lowest BCUT2D eigenvalue weighted by atomic mass is 9.92. The fourth-order valence-corrected chi connectivity index (χ4v) is 2.78. The molecular weight excluding hydrogens is 390 g/mol. The van der Waals surface area contributed by atoms with Gasteiger partial charge < -0.3 is 45.5 Å². The zero-order valence-electron chi connectivity index (χ0n) is 15.4. The normalized spacial score (nSPS) is 23.2. The first-order valence-electron chi connectivity index (χ1n) is 8.65. The Morgan fingerprint density at radius 2 is 1.97 bits per heavy atom. The molecule has 1 aromatic heterocycles. The van der Waals surface area contributed by atoms with Gasteiger partial charge in [-0.25, -0.2) is 9.59 Å². The molecule has 1 aromatic rings. The highest BCUT2D eigenvalue weighted by molar-refractivity contribution is 5.85. The summed E-state index contributed by atoms with van der Waals surface area (Å²) in [7, 11) is 0. The Labute approximate surface area is 165 Å². The van der Waals surface area contributed by atoms with Gasteiger partial charge >= 0.3 is 12.0 Å². The molecule has 12 nitrogen and oxygen atoms in total. The van der Waals surface area contributed by atoms with Gasteiger partial charge in [0.2, 0.25) is 11.7 Å². The fourth-order valence-electron chi connectivity index (χ4n) is 2.78. The number of hydrogen-bond donors (Lipinski definition) is 7. The summed E-state index contributed by atoms with van der Waals surface area (Å²) in [5.41, 5.74) is 0. The standard InChI is InChI=1S/C17H23N3O9/c1-8(22)19-13-10(20-17(27)18-6-9-3-2-4-28-9)5-12(16(25)26)29-15(13)14(24)11(23)7-21/h2-5,10-11,13-15,21,23-24H,6-7H2,1H3,(H,19,22)(H,25,26)(H2,18,20,27)/t10-,11+,13+,14+,15+/m0/s1. The van der Waals surface area contributed by atoms with E-state index in [9.17, 15) is 29.7 Å². The summed E-state index contributed by atoms with van der Waals surface area (Å²) in [5.74, 6) is -2.15. The number of aliphatic hydroxyl groups is 3. The van der Waals surface area contributed by atoms with Crippen molar-refractivity contribution >= 4 is 17.9 Å². The number of furan rings is 1. The Morgan fingerprint density at radius 1 is 1.24 bits per heavy atom. The maximum atomic E-state index is 12.2. The van der Waals surface area contributed by atoms with Crippen LogP contribution >= 0.6 is 0 Å². The number of rotatable bonds is 8. The molecule has 5 atom stereocenters. The number of carbonyl (C=O) groups is 3. The van der Waals surface area contributed by atoms with E-state index in [0.29, 0.717) is 5.76 Å². The number of hydrogen-bond acceptors (Lipinski definition) is 8. The van der Waals surface area contributed by atoms with E-state index < -0.39 is 60.7 Å². The van der Waals surface area contributed by atoms with Crippen molar-refractivity contribution in [3.8, 4) is 0 Å². The van der Waals surface area contributed by atoms with E-state index in [2.05, 4.69) is 16.0 Å². The van der Waals surface area contributed by atoms with Gasteiger partial charge in [0.15, 0.2) is 0 Å². The highest BCUT2D eigenvalue weighted by Gasteiger charge is 2.44. The second-order valence-electron chi connectivity index (χ2n) is 6.32. The second-order valence-corrected chi connectivity index (χ2v) is 6.32. The van der Waals surface area contributed by atoms with E-state index in [-0.39, 0.29) is 6.54 Å². The van der Waals surface area contributed by atoms with E-state index >= 15 is 0 Å². The van der Waals surface area contributed by atoms with Crippen LogP contribution in [-0.2, 0) is 20.9 Å². The van der Waals surface area contributed by atoms with Crippen LogP contribution in [0, 0.1) is 0 Å². The van der Waals surface area contributed by atoms with Crippen LogP contribution in [0.2, 0.25) is 0 Å². The van der Waals surface area contributed by atoms with Crippen LogP contribution in [0.1, 0.15) is 12.7 Å². The van der Waals surface area contributed by atoms with Gasteiger partial charge in [-0.1, -0.05) is 0 Å². The fraction of sp³-hybridized carbons (Fsp3) is 0.471. The summed E-state index contributed by atoms with van der Waals surface area (Å²) in [6, 6.07) is 0.322. The third kappa shape index (κ3) is 5.94. The number of nitrogens with one attached hydrogen (secondary N) is 3. The Bertz CT molecular complexity index is 749. The third-order valence-electron chi connectivity index (χ3n) is 4.13. The minimum atomic E-state index is -1.75. The number of carboxylic acid groups (broad SMARTS) is 1. The summed E-state index contributed by atoms with van der Waals surface area (Å²) < 4.78 is 10.3. The molecule has 12 heteroatoms. The molecule has 0 bridgehead atoms. The van der Waals surface area contributed by atoms with Crippen LogP contribution in [-0.4, -0.2) is 75.3 Å². The molecular formula is C17H23N3O9. The molecule has 29 heavy (non-hydrogen) atoms. The van der Waals surface area contributed by atoms with E-state index in [1.165, 1.54) is 13.2 Å². The number of carbonyl (C=O) groups excluding carboxylic acids is 2. The van der Waals surface area contributed by atoms with Gasteiger partial charge in [-0.15, -0.1) is 0 Å². The molecule has 7 N–H and O–H groups in total. The van der Waals surface area contributed by atoms with Crippen molar-refractivity contribution in [2.75, 3.05) is 6.61 Å². The van der Waals surface area contributed by atoms with Crippen molar-refractivity contribution in [1.29, 1.82) is 0 Å². The first kappa shape index (κ1) is 22.2. The maximum absolute atomic E-state index is 12.2. The third-order valence-corrected chi connectivity index (χ3v) is 4.13. The van der Waals surface area contributed by atoms with Crippen molar-refractivity contribution in [1.82, 2.24) is 16.0 Å². The quantitative estimate of drug-likeness (QED) is 0.253. The average molecular weight is 413 g/mol. The second kappa shape index (κ2) is 9.91. The molecule has 0 radical (unpaired) electrons. The van der Waals surface area contributed by atoms with Crippen LogP contribution < -0.4 is 16.0 Å². The number of aliphatic hydroxyl groups excluding tert-OH is 3. The van der Waals surface area contributed by atoms with Crippen molar-refractivity contribution < 1.29 is 44.0 Å². The molecule has 0 aromatic carbocycles. The summed E-state index contributed by atoms with van der Waals surface area (Å²) in [4.78, 5) is 35.2. The lowest BCUT2D eigenvalue weighted by Crippen LogP contribution is -2.64. The molecule has 0 saturated heterocycles. The molecule has 2 rings (SSSR count). The van der Waals surface area contributed by atoms with E-state index in [0.717, 1.165) is 6.08 Å². The highest BCUT2D eigenvalue weighted by atomic mass is 16.5. The Balaban J connectivity index is 2.22. The van der Waals surface area contributed by atoms with Gasteiger partial charge in [-0.3, -0.25) is 4.79 Å². The first-order chi connectivity index (χ1) is 13.7. The van der Waals surface area contributed by atoms with Gasteiger partial charge in [0, 0.05) is 6.92 Å². The molecule has 0 aliphatic carbocycles. The lowest BCUT2D eigenvalue weighted by molar-refractivity contribution is -0.146. The van der Waals surface area contributed by atoms with Crippen LogP contribution in [0.25, 0.3) is 0 Å². The van der Waals surface area contributed by atoms with E-state index in [1.54, 1.807) is 12.1 Å². The monoisotopic (exact) mass is 413 g/mol. The van der Waals surface area contributed by atoms with E-state index in [4.69, 9.17) is 14.3 Å². The summed E-state index contributed by atoms with van der Waals surface area (Å²) in [6.07, 6.45) is -2.40. The van der Waals surface area contributed by atoms with Crippen LogP contribution in [0.3, 0.4) is 0 Å². The van der Waals surface area contributed by atoms with Crippen molar-refractivity contribution in [2.24, 2.45) is 0 Å². The van der Waals surface area contributed by atoms with Gasteiger partial charge in [0.25, 0.3) is 0 Å². The molecule has 2 heterocycles. The van der Waals surface area contributed by atoms with Crippen LogP contribution in [0.15, 0.2) is 34.6 Å². The van der Waals surface area contributed by atoms with Crippen molar-refractivity contribution in [3.63, 3.8) is 0 Å². The number of carboxylic acids is 1. The molecule has 0 unspecified atom stereocenters. The molecule has 3 amide bonds. The average Bonchev–Trinajstić information content (AvgIpc) is 3.19. The predicted octanol–water partition coefficient (Wildman–Crippen LogP) is -1.97. The van der Waals surface area contributed by atoms with Gasteiger partial charge in [0.05, 0.1) is 31.5 Å². The molecule has 0 fully saturated rings. The smallest absolute Gasteiger partial charge is 0.370 e. The molecule has 0 saturated carbocycles. The van der Waals surface area contributed by atoms with Crippen LogP contribution in [0.5, 0.6) is 0 Å². The van der Waals surface area contributed by atoms with Gasteiger partial charge in [-0.2, -0.15) is 0 Å². The maximum Gasteiger partial charge on any atom is 0.370 e. The van der Waals surface area contributed by atoms with Crippen molar-refractivity contribution in [3.05, 3.63) is 36.0 Å². The number of ether oxygens (including phenoxy) is 1. The SMILES string of the molecule is CC(=O)N[C@H]1[C@H]([C@H](O)[C@H](O)CO)OC(C(=O)O)=C[C@@H]1NC(=O)NCc1ccco1. The summed E-state index contributed by atoms with van der Waals surface area (Å²) in [5, 5.41) is 45.8. The molecule has 0 spiro atoms. The minimum Gasteiger partial charge on any atom is -0.478 e. The largest absolute Gasteiger partial charge is 0.478 e. The van der Waals surface area contributed by atoms with Gasteiger partial charge in [0.1, 0.15) is 24.1 Å². The predicted molar refractivity (Wildman–Crippen MR) is 95.2 cm³/mol. The highest BCUT2D eigenvalue weighted by Crippen LogP contribution is 2.23. The summed E-state index contributed by atoms with van der Waals surface area (Å²) >= 11 is 0. The number of urea groups is 1. The first-order valence-corrected chi connectivity index (χ1v) is 8.65. The summed E-state index contributed by atoms with van der Waals surface area (Å²) in [6.45, 7) is 0.398. The number of aliphatic carboxylic acids is 1.